The third-order valence-electron chi connectivity index (χ3n) is 4.98. The van der Waals surface area contributed by atoms with Gasteiger partial charge in [0.05, 0.1) is 0 Å². The van der Waals surface area contributed by atoms with Crippen LogP contribution in [0.25, 0.3) is 0 Å². The van der Waals surface area contributed by atoms with E-state index < -0.39 is 10.0 Å². The van der Waals surface area contributed by atoms with Crippen molar-refractivity contribution in [1.82, 2.24) is 15.2 Å². The van der Waals surface area contributed by atoms with Gasteiger partial charge in [0.25, 0.3) is 5.91 Å². The molecule has 7 nitrogen and oxygen atoms in total. The largest absolute Gasteiger partial charge is 0.334 e. The Morgan fingerprint density at radius 1 is 1.39 bits per heavy atom. The molecule has 3 heterocycles. The highest BCUT2D eigenvalue weighted by Crippen LogP contribution is 2.42. The summed E-state index contributed by atoms with van der Waals surface area (Å²) in [5.41, 5.74) is 0.469. The molecule has 2 aliphatic heterocycles. The summed E-state index contributed by atoms with van der Waals surface area (Å²) < 4.78 is 22.5. The zero-order valence-electron chi connectivity index (χ0n) is 13.2. The Morgan fingerprint density at radius 3 is 2.65 bits per heavy atom. The number of nitrogens with one attached hydrogen (secondary N) is 1. The minimum atomic E-state index is -3.79. The van der Waals surface area contributed by atoms with Crippen LogP contribution in [0.15, 0.2) is 23.2 Å². The first-order valence-corrected chi connectivity index (χ1v) is 9.36. The van der Waals surface area contributed by atoms with Crippen molar-refractivity contribution >= 4 is 15.9 Å². The van der Waals surface area contributed by atoms with E-state index in [0.717, 1.165) is 45.1 Å². The SMILES string of the molecule is CC1CC2(CCNCC2)CN1C(=O)c1ccc(S(N)(=O)=O)cn1. The van der Waals surface area contributed by atoms with E-state index in [4.69, 9.17) is 5.14 Å². The van der Waals surface area contributed by atoms with Crippen molar-refractivity contribution < 1.29 is 13.2 Å². The van der Waals surface area contributed by atoms with E-state index >= 15 is 0 Å². The first-order chi connectivity index (χ1) is 10.8. The van der Waals surface area contributed by atoms with E-state index in [-0.39, 0.29) is 28.0 Å². The highest BCUT2D eigenvalue weighted by atomic mass is 32.2. The Morgan fingerprint density at radius 2 is 2.09 bits per heavy atom. The molecule has 0 bridgehead atoms. The standard InChI is InChI=1S/C15H22N4O3S/c1-11-8-15(4-6-17-7-5-15)10-19(11)14(20)13-3-2-12(9-18-13)23(16,21)22/h2-3,9,11,17H,4-8,10H2,1H3,(H2,16,21,22). The number of hydrogen-bond acceptors (Lipinski definition) is 5. The number of primary sulfonamides is 1. The van der Waals surface area contributed by atoms with Crippen molar-refractivity contribution in [2.24, 2.45) is 10.6 Å². The molecule has 1 atom stereocenters. The number of sulfonamides is 1. The minimum Gasteiger partial charge on any atom is -0.334 e. The van der Waals surface area contributed by atoms with Gasteiger partial charge in [-0.3, -0.25) is 4.79 Å². The topological polar surface area (TPSA) is 105 Å². The molecule has 23 heavy (non-hydrogen) atoms. The van der Waals surface area contributed by atoms with Crippen LogP contribution in [0.3, 0.4) is 0 Å². The van der Waals surface area contributed by atoms with Gasteiger partial charge < -0.3 is 10.2 Å². The molecule has 1 unspecified atom stereocenters. The van der Waals surface area contributed by atoms with E-state index in [1.54, 1.807) is 0 Å². The van der Waals surface area contributed by atoms with E-state index in [9.17, 15) is 13.2 Å². The van der Waals surface area contributed by atoms with Gasteiger partial charge in [-0.1, -0.05) is 0 Å². The second-order valence-electron chi connectivity index (χ2n) is 6.66. The predicted molar refractivity (Wildman–Crippen MR) is 85.3 cm³/mol. The van der Waals surface area contributed by atoms with Crippen molar-refractivity contribution in [2.45, 2.75) is 37.1 Å². The van der Waals surface area contributed by atoms with Crippen LogP contribution in [-0.4, -0.2) is 49.9 Å². The number of piperidine rings is 1. The lowest BCUT2D eigenvalue weighted by Crippen LogP contribution is -2.40. The molecule has 2 aliphatic rings. The summed E-state index contributed by atoms with van der Waals surface area (Å²) in [6, 6.07) is 2.93. The Kier molecular flexibility index (Phi) is 4.16. The van der Waals surface area contributed by atoms with Crippen molar-refractivity contribution in [2.75, 3.05) is 19.6 Å². The number of pyridine rings is 1. The van der Waals surface area contributed by atoms with Gasteiger partial charge in [0, 0.05) is 18.8 Å². The Balaban J connectivity index is 1.77. The van der Waals surface area contributed by atoms with Crippen molar-refractivity contribution in [3.63, 3.8) is 0 Å². The Hall–Kier alpha value is -1.51. The number of amides is 1. The molecule has 0 radical (unpaired) electrons. The first kappa shape index (κ1) is 16.4. The Bertz CT molecular complexity index is 696. The molecule has 0 aromatic carbocycles. The monoisotopic (exact) mass is 338 g/mol. The molecular weight excluding hydrogens is 316 g/mol. The lowest BCUT2D eigenvalue weighted by atomic mass is 9.77. The molecule has 8 heteroatoms. The van der Waals surface area contributed by atoms with Crippen LogP contribution >= 0.6 is 0 Å². The number of hydrogen-bond donors (Lipinski definition) is 2. The van der Waals surface area contributed by atoms with Gasteiger partial charge in [-0.25, -0.2) is 18.5 Å². The molecule has 0 saturated carbocycles. The zero-order chi connectivity index (χ0) is 16.7. The molecule has 2 saturated heterocycles. The molecule has 126 valence electrons. The zero-order valence-corrected chi connectivity index (χ0v) is 14.0. The van der Waals surface area contributed by atoms with Gasteiger partial charge in [-0.05, 0) is 56.8 Å². The van der Waals surface area contributed by atoms with E-state index in [1.165, 1.54) is 12.1 Å². The van der Waals surface area contributed by atoms with Crippen LogP contribution in [0.2, 0.25) is 0 Å². The van der Waals surface area contributed by atoms with Gasteiger partial charge >= 0.3 is 0 Å². The van der Waals surface area contributed by atoms with Crippen molar-refractivity contribution in [3.8, 4) is 0 Å². The van der Waals surface area contributed by atoms with Gasteiger partial charge in [0.15, 0.2) is 0 Å². The third-order valence-corrected chi connectivity index (χ3v) is 5.87. The normalized spacial score (nSPS) is 24.1. The van der Waals surface area contributed by atoms with Crippen LogP contribution in [0.5, 0.6) is 0 Å². The average Bonchev–Trinajstić information content (AvgIpc) is 2.82. The fourth-order valence-electron chi connectivity index (χ4n) is 3.73. The molecule has 3 N–H and O–H groups in total. The molecule has 1 aromatic heterocycles. The number of nitrogens with zero attached hydrogens (tertiary/aromatic N) is 2. The number of nitrogens with two attached hydrogens (primary N) is 1. The van der Waals surface area contributed by atoms with E-state index in [0.29, 0.717) is 0 Å². The summed E-state index contributed by atoms with van der Waals surface area (Å²) in [5.74, 6) is -0.145. The van der Waals surface area contributed by atoms with Crippen LogP contribution in [0, 0.1) is 5.41 Å². The van der Waals surface area contributed by atoms with Crippen molar-refractivity contribution in [1.29, 1.82) is 0 Å². The summed E-state index contributed by atoms with van der Waals surface area (Å²) in [6.07, 6.45) is 4.32. The number of rotatable bonds is 2. The second-order valence-corrected chi connectivity index (χ2v) is 8.22. The van der Waals surface area contributed by atoms with E-state index in [1.807, 2.05) is 4.90 Å². The maximum atomic E-state index is 12.7. The van der Waals surface area contributed by atoms with Gasteiger partial charge in [0.1, 0.15) is 10.6 Å². The van der Waals surface area contributed by atoms with Gasteiger partial charge in [0.2, 0.25) is 10.0 Å². The predicted octanol–water partition coefficient (Wildman–Crippen LogP) is 0.333. The summed E-state index contributed by atoms with van der Waals surface area (Å²) in [7, 11) is -3.79. The maximum absolute atomic E-state index is 12.7. The summed E-state index contributed by atoms with van der Waals surface area (Å²) in [4.78, 5) is 18.5. The van der Waals surface area contributed by atoms with Gasteiger partial charge in [-0.2, -0.15) is 0 Å². The van der Waals surface area contributed by atoms with Crippen LogP contribution < -0.4 is 10.5 Å². The van der Waals surface area contributed by atoms with E-state index in [2.05, 4.69) is 17.2 Å². The molecule has 0 aliphatic carbocycles. The summed E-state index contributed by atoms with van der Waals surface area (Å²) in [6.45, 7) is 4.80. The van der Waals surface area contributed by atoms with Crippen LogP contribution in [0.1, 0.15) is 36.7 Å². The number of aromatic nitrogens is 1. The summed E-state index contributed by atoms with van der Waals surface area (Å²) >= 11 is 0. The highest BCUT2D eigenvalue weighted by Gasteiger charge is 2.44. The average molecular weight is 338 g/mol. The lowest BCUT2D eigenvalue weighted by Gasteiger charge is -2.33. The maximum Gasteiger partial charge on any atom is 0.272 e. The van der Waals surface area contributed by atoms with Gasteiger partial charge in [-0.15, -0.1) is 0 Å². The number of carbonyl (C=O) groups excluding carboxylic acids is 1. The molecule has 3 rings (SSSR count). The number of carbonyl (C=O) groups is 1. The second kappa shape index (κ2) is 5.85. The first-order valence-electron chi connectivity index (χ1n) is 7.81. The molecule has 1 amide bonds. The summed E-state index contributed by atoms with van der Waals surface area (Å²) in [5, 5.41) is 8.41. The number of likely N-dealkylation sites (tertiary alicyclic amines) is 1. The van der Waals surface area contributed by atoms with Crippen LogP contribution in [0.4, 0.5) is 0 Å². The molecule has 1 spiro atoms. The third kappa shape index (κ3) is 3.24. The quantitative estimate of drug-likeness (QED) is 0.808. The highest BCUT2D eigenvalue weighted by molar-refractivity contribution is 7.89. The molecule has 2 fully saturated rings. The smallest absolute Gasteiger partial charge is 0.272 e. The van der Waals surface area contributed by atoms with Crippen LogP contribution in [-0.2, 0) is 10.0 Å². The van der Waals surface area contributed by atoms with Crippen molar-refractivity contribution in [3.05, 3.63) is 24.0 Å². The molecule has 1 aromatic rings. The fraction of sp³-hybridized carbons (Fsp3) is 0.600. The minimum absolute atomic E-state index is 0.0849. The lowest BCUT2D eigenvalue weighted by molar-refractivity contribution is 0.0717. The molecular formula is C15H22N4O3S. The fourth-order valence-corrected chi connectivity index (χ4v) is 4.19. The Labute approximate surface area is 136 Å².